The first-order chi connectivity index (χ1) is 13.9. The van der Waals surface area contributed by atoms with Crippen LogP contribution in [-0.2, 0) is 0 Å². The number of amides is 1. The quantitative estimate of drug-likeness (QED) is 0.486. The summed E-state index contributed by atoms with van der Waals surface area (Å²) in [5.41, 5.74) is 6.51. The highest BCUT2D eigenvalue weighted by molar-refractivity contribution is 6.39. The molecule has 4 aromatic rings. The van der Waals surface area contributed by atoms with Gasteiger partial charge in [0.05, 0.1) is 27.4 Å². The van der Waals surface area contributed by atoms with Crippen molar-refractivity contribution in [2.24, 2.45) is 0 Å². The minimum atomic E-state index is -0.288. The number of carbonyl (C=O) groups is 1. The Bertz CT molecular complexity index is 1220. The van der Waals surface area contributed by atoms with Gasteiger partial charge in [-0.05, 0) is 51.0 Å². The van der Waals surface area contributed by atoms with E-state index in [9.17, 15) is 4.79 Å². The number of pyridine rings is 1. The first kappa shape index (κ1) is 19.2. The van der Waals surface area contributed by atoms with Crippen LogP contribution < -0.4 is 5.32 Å². The lowest BCUT2D eigenvalue weighted by molar-refractivity contribution is 0.102. The molecule has 1 N–H and O–H groups in total. The van der Waals surface area contributed by atoms with Crippen molar-refractivity contribution in [3.8, 4) is 5.69 Å². The molecule has 0 saturated heterocycles. The van der Waals surface area contributed by atoms with Crippen molar-refractivity contribution >= 4 is 34.2 Å². The van der Waals surface area contributed by atoms with Crippen LogP contribution in [-0.4, -0.2) is 20.7 Å². The zero-order valence-electron chi connectivity index (χ0n) is 16.7. The van der Waals surface area contributed by atoms with Crippen LogP contribution >= 0.6 is 11.6 Å². The van der Waals surface area contributed by atoms with E-state index in [1.807, 2.05) is 70.2 Å². The summed E-state index contributed by atoms with van der Waals surface area (Å²) in [6, 6.07) is 13.9. The van der Waals surface area contributed by atoms with Crippen molar-refractivity contribution in [3.05, 3.63) is 81.6 Å². The number of aryl methyl sites for hydroxylation is 4. The van der Waals surface area contributed by atoms with Gasteiger partial charge < -0.3 is 5.32 Å². The van der Waals surface area contributed by atoms with E-state index >= 15 is 0 Å². The van der Waals surface area contributed by atoms with Crippen molar-refractivity contribution in [3.63, 3.8) is 0 Å². The highest BCUT2D eigenvalue weighted by Gasteiger charge is 2.20. The molecular formula is C23H21ClN4O. The predicted octanol–water partition coefficient (Wildman–Crippen LogP) is 5.56. The highest BCUT2D eigenvalue weighted by atomic mass is 35.5. The standard InChI is InChI=1S/C23H21ClN4O/c1-13-8-10-17(11-9-13)28-22-19(16(4)27-28)20(24)18(12-25-22)23(29)26-21-14(2)6-5-7-15(21)3/h5-12H,1-4H3,(H,26,29). The van der Waals surface area contributed by atoms with Crippen LogP contribution in [0.2, 0.25) is 5.02 Å². The minimum Gasteiger partial charge on any atom is -0.321 e. The molecule has 0 radical (unpaired) electrons. The molecule has 0 saturated carbocycles. The summed E-state index contributed by atoms with van der Waals surface area (Å²) in [5, 5.41) is 8.61. The van der Waals surface area contributed by atoms with Gasteiger partial charge in [0.15, 0.2) is 5.65 Å². The van der Waals surface area contributed by atoms with E-state index in [-0.39, 0.29) is 5.91 Å². The van der Waals surface area contributed by atoms with Crippen LogP contribution in [0, 0.1) is 27.7 Å². The first-order valence-electron chi connectivity index (χ1n) is 9.35. The molecule has 0 fully saturated rings. The number of rotatable bonds is 3. The van der Waals surface area contributed by atoms with Crippen molar-refractivity contribution < 1.29 is 4.79 Å². The maximum absolute atomic E-state index is 12.9. The molecule has 4 rings (SSSR count). The molecule has 5 nitrogen and oxygen atoms in total. The molecule has 29 heavy (non-hydrogen) atoms. The van der Waals surface area contributed by atoms with E-state index in [2.05, 4.69) is 15.4 Å². The van der Waals surface area contributed by atoms with E-state index in [4.69, 9.17) is 11.6 Å². The number of carbonyl (C=O) groups excluding carboxylic acids is 1. The zero-order valence-corrected chi connectivity index (χ0v) is 17.5. The molecule has 0 bridgehead atoms. The number of para-hydroxylation sites is 1. The molecule has 2 aromatic heterocycles. The van der Waals surface area contributed by atoms with Gasteiger partial charge in [0.1, 0.15) is 0 Å². The Labute approximate surface area is 174 Å². The third kappa shape index (κ3) is 3.38. The molecule has 146 valence electrons. The van der Waals surface area contributed by atoms with Gasteiger partial charge in [-0.15, -0.1) is 0 Å². The summed E-state index contributed by atoms with van der Waals surface area (Å²) in [6.45, 7) is 7.82. The fraction of sp³-hybridized carbons (Fsp3) is 0.174. The summed E-state index contributed by atoms with van der Waals surface area (Å²) in [6.07, 6.45) is 1.51. The van der Waals surface area contributed by atoms with Gasteiger partial charge in [-0.2, -0.15) is 5.10 Å². The zero-order chi connectivity index (χ0) is 20.7. The molecule has 1 amide bonds. The molecule has 0 aliphatic rings. The molecule has 6 heteroatoms. The fourth-order valence-corrected chi connectivity index (χ4v) is 3.78. The Morgan fingerprint density at radius 3 is 2.31 bits per heavy atom. The number of nitrogens with one attached hydrogen (secondary N) is 1. The number of fused-ring (bicyclic) bond motifs is 1. The fourth-order valence-electron chi connectivity index (χ4n) is 3.43. The van der Waals surface area contributed by atoms with Crippen LogP contribution in [0.1, 0.15) is 32.7 Å². The third-order valence-corrected chi connectivity index (χ3v) is 5.44. The van der Waals surface area contributed by atoms with Gasteiger partial charge in [0.25, 0.3) is 5.91 Å². The maximum atomic E-state index is 12.9. The van der Waals surface area contributed by atoms with Crippen LogP contribution in [0.25, 0.3) is 16.7 Å². The van der Waals surface area contributed by atoms with Gasteiger partial charge in [0, 0.05) is 11.9 Å². The lowest BCUT2D eigenvalue weighted by atomic mass is 10.1. The van der Waals surface area contributed by atoms with Crippen LogP contribution in [0.15, 0.2) is 48.7 Å². The van der Waals surface area contributed by atoms with E-state index in [1.54, 1.807) is 4.68 Å². The Kier molecular flexibility index (Phi) is 4.84. The number of aromatic nitrogens is 3. The molecule has 0 unspecified atom stereocenters. The largest absolute Gasteiger partial charge is 0.321 e. The minimum absolute atomic E-state index is 0.288. The number of hydrogen-bond acceptors (Lipinski definition) is 3. The van der Waals surface area contributed by atoms with E-state index < -0.39 is 0 Å². The third-order valence-electron chi connectivity index (χ3n) is 5.05. The average molecular weight is 405 g/mol. The Morgan fingerprint density at radius 1 is 1.00 bits per heavy atom. The summed E-state index contributed by atoms with van der Waals surface area (Å²) in [5.74, 6) is -0.288. The van der Waals surface area contributed by atoms with Gasteiger partial charge in [0.2, 0.25) is 0 Å². The van der Waals surface area contributed by atoms with Crippen molar-refractivity contribution in [2.45, 2.75) is 27.7 Å². The van der Waals surface area contributed by atoms with Crippen molar-refractivity contribution in [1.82, 2.24) is 14.8 Å². The summed E-state index contributed by atoms with van der Waals surface area (Å²) >= 11 is 6.66. The number of anilines is 1. The second-order valence-electron chi connectivity index (χ2n) is 7.24. The van der Waals surface area contributed by atoms with Gasteiger partial charge in [-0.1, -0.05) is 47.5 Å². The number of hydrogen-bond donors (Lipinski definition) is 1. The molecule has 2 aromatic carbocycles. The monoisotopic (exact) mass is 404 g/mol. The topological polar surface area (TPSA) is 59.8 Å². The number of benzene rings is 2. The molecule has 0 atom stereocenters. The summed E-state index contributed by atoms with van der Waals surface area (Å²) in [4.78, 5) is 17.5. The number of halogens is 1. The van der Waals surface area contributed by atoms with Gasteiger partial charge in [-0.3, -0.25) is 4.79 Å². The maximum Gasteiger partial charge on any atom is 0.258 e. The van der Waals surface area contributed by atoms with Crippen LogP contribution in [0.4, 0.5) is 5.69 Å². The second kappa shape index (κ2) is 7.33. The number of nitrogens with zero attached hydrogens (tertiary/aromatic N) is 3. The summed E-state index contributed by atoms with van der Waals surface area (Å²) in [7, 11) is 0. The lowest BCUT2D eigenvalue weighted by Crippen LogP contribution is -2.15. The lowest BCUT2D eigenvalue weighted by Gasteiger charge is -2.12. The molecule has 2 heterocycles. The summed E-state index contributed by atoms with van der Waals surface area (Å²) < 4.78 is 1.75. The van der Waals surface area contributed by atoms with E-state index in [0.29, 0.717) is 21.6 Å². The predicted molar refractivity (Wildman–Crippen MR) is 117 cm³/mol. The van der Waals surface area contributed by atoms with E-state index in [1.165, 1.54) is 11.8 Å². The average Bonchev–Trinajstić information content (AvgIpc) is 3.03. The Morgan fingerprint density at radius 2 is 1.66 bits per heavy atom. The smallest absolute Gasteiger partial charge is 0.258 e. The van der Waals surface area contributed by atoms with Crippen molar-refractivity contribution in [2.75, 3.05) is 5.32 Å². The van der Waals surface area contributed by atoms with Crippen molar-refractivity contribution in [1.29, 1.82) is 0 Å². The first-order valence-corrected chi connectivity index (χ1v) is 9.73. The normalized spacial score (nSPS) is 11.1. The molecule has 0 aliphatic heterocycles. The Hall–Kier alpha value is -3.18. The highest BCUT2D eigenvalue weighted by Crippen LogP contribution is 2.31. The molecule has 0 spiro atoms. The molecule has 0 aliphatic carbocycles. The van der Waals surface area contributed by atoms with Crippen LogP contribution in [0.3, 0.4) is 0 Å². The second-order valence-corrected chi connectivity index (χ2v) is 7.62. The Balaban J connectivity index is 1.78. The van der Waals surface area contributed by atoms with E-state index in [0.717, 1.165) is 28.2 Å². The SMILES string of the molecule is Cc1ccc(-n2nc(C)c3c(Cl)c(C(=O)Nc4c(C)cccc4C)cnc32)cc1. The van der Waals surface area contributed by atoms with Gasteiger partial charge in [-0.25, -0.2) is 9.67 Å². The molecular weight excluding hydrogens is 384 g/mol. The van der Waals surface area contributed by atoms with Crippen LogP contribution in [0.5, 0.6) is 0 Å². The van der Waals surface area contributed by atoms with Gasteiger partial charge >= 0.3 is 0 Å².